The summed E-state index contributed by atoms with van der Waals surface area (Å²) in [4.78, 5) is 7.08. The Morgan fingerprint density at radius 2 is 1.85 bits per heavy atom. The first-order valence-corrected chi connectivity index (χ1v) is 10.4. The second-order valence-corrected chi connectivity index (χ2v) is 8.10. The van der Waals surface area contributed by atoms with Crippen molar-refractivity contribution in [3.63, 3.8) is 0 Å². The van der Waals surface area contributed by atoms with E-state index in [1.54, 1.807) is 0 Å². The number of nitrogen functional groups attached to an aromatic ring is 1. The number of fused-ring (bicyclic) bond motifs is 1. The lowest BCUT2D eigenvalue weighted by atomic mass is 9.86. The molecule has 1 fully saturated rings. The van der Waals surface area contributed by atoms with Crippen molar-refractivity contribution in [2.24, 2.45) is 5.92 Å². The number of pyridine rings is 1. The van der Waals surface area contributed by atoms with E-state index in [0.29, 0.717) is 5.82 Å². The molecule has 2 N–H and O–H groups in total. The van der Waals surface area contributed by atoms with E-state index < -0.39 is 0 Å². The Labute approximate surface area is 162 Å². The number of likely N-dealkylation sites (tertiary alicyclic amines) is 1. The van der Waals surface area contributed by atoms with Crippen molar-refractivity contribution in [2.75, 3.05) is 32.0 Å². The predicted molar refractivity (Wildman–Crippen MR) is 111 cm³/mol. The van der Waals surface area contributed by atoms with E-state index in [-0.39, 0.29) is 0 Å². The van der Waals surface area contributed by atoms with Gasteiger partial charge in [0.15, 0.2) is 0 Å². The third kappa shape index (κ3) is 4.27. The lowest BCUT2D eigenvalue weighted by Gasteiger charge is -2.30. The third-order valence-electron chi connectivity index (χ3n) is 6.08. The van der Waals surface area contributed by atoms with Crippen molar-refractivity contribution in [3.05, 3.63) is 41.5 Å². The monoisotopic (exact) mass is 365 g/mol. The highest BCUT2D eigenvalue weighted by Gasteiger charge is 2.20. The maximum absolute atomic E-state index is 6.26. The number of rotatable bonds is 5. The van der Waals surface area contributed by atoms with Gasteiger partial charge in [0, 0.05) is 12.1 Å². The molecule has 0 spiro atoms. The molecule has 144 valence electrons. The summed E-state index contributed by atoms with van der Waals surface area (Å²) in [5.74, 6) is 2.53. The Balaban J connectivity index is 1.49. The molecule has 1 aromatic heterocycles. The topological polar surface area (TPSA) is 51.4 Å². The average Bonchev–Trinajstić information content (AvgIpc) is 2.69. The van der Waals surface area contributed by atoms with Crippen LogP contribution in [0, 0.1) is 5.92 Å². The van der Waals surface area contributed by atoms with E-state index in [4.69, 9.17) is 10.5 Å². The van der Waals surface area contributed by atoms with Crippen LogP contribution >= 0.6 is 0 Å². The molecular weight excluding hydrogens is 334 g/mol. The quantitative estimate of drug-likeness (QED) is 0.857. The van der Waals surface area contributed by atoms with Gasteiger partial charge in [-0.05, 0) is 92.9 Å². The molecule has 0 bridgehead atoms. The minimum Gasteiger partial charge on any atom is -0.492 e. The fraction of sp³-hybridized carbons (Fsp3) is 0.522. The number of aromatic nitrogens is 1. The average molecular weight is 366 g/mol. The molecule has 1 aliphatic carbocycles. The first-order valence-electron chi connectivity index (χ1n) is 10.4. The van der Waals surface area contributed by atoms with Crippen molar-refractivity contribution >= 4 is 5.82 Å². The molecule has 0 radical (unpaired) electrons. The van der Waals surface area contributed by atoms with Crippen LogP contribution in [-0.2, 0) is 12.8 Å². The Kier molecular flexibility index (Phi) is 5.63. The van der Waals surface area contributed by atoms with E-state index >= 15 is 0 Å². The van der Waals surface area contributed by atoms with E-state index in [2.05, 4.69) is 35.0 Å². The van der Waals surface area contributed by atoms with Crippen LogP contribution in [0.4, 0.5) is 5.82 Å². The lowest BCUT2D eigenvalue weighted by molar-refractivity contribution is 0.160. The zero-order valence-electron chi connectivity index (χ0n) is 16.4. The van der Waals surface area contributed by atoms with Gasteiger partial charge in [-0.15, -0.1) is 0 Å². The molecule has 1 saturated heterocycles. The summed E-state index contributed by atoms with van der Waals surface area (Å²) < 4.78 is 6.26. The summed E-state index contributed by atoms with van der Waals surface area (Å²) in [7, 11) is 0. The Morgan fingerprint density at radius 1 is 1.07 bits per heavy atom. The van der Waals surface area contributed by atoms with Crippen LogP contribution in [0.25, 0.3) is 11.3 Å². The molecule has 2 aromatic rings. The van der Waals surface area contributed by atoms with Crippen LogP contribution in [0.15, 0.2) is 30.3 Å². The Hall–Kier alpha value is -2.07. The Bertz CT molecular complexity index is 781. The highest BCUT2D eigenvalue weighted by Crippen LogP contribution is 2.36. The van der Waals surface area contributed by atoms with Crippen LogP contribution in [-0.4, -0.2) is 36.1 Å². The molecule has 0 saturated carbocycles. The maximum atomic E-state index is 6.26. The smallest absolute Gasteiger partial charge is 0.124 e. The van der Waals surface area contributed by atoms with Crippen molar-refractivity contribution in [2.45, 2.75) is 45.4 Å². The second kappa shape index (κ2) is 8.30. The van der Waals surface area contributed by atoms with Crippen LogP contribution < -0.4 is 10.5 Å². The number of piperidine rings is 1. The molecular formula is C23H31N3O. The zero-order chi connectivity index (χ0) is 18.6. The fourth-order valence-electron chi connectivity index (χ4n) is 4.38. The van der Waals surface area contributed by atoms with Crippen molar-refractivity contribution in [1.29, 1.82) is 0 Å². The van der Waals surface area contributed by atoms with Gasteiger partial charge in [-0.1, -0.05) is 13.0 Å². The largest absolute Gasteiger partial charge is 0.492 e. The summed E-state index contributed by atoms with van der Waals surface area (Å²) in [6.07, 6.45) is 7.30. The summed E-state index contributed by atoms with van der Waals surface area (Å²) in [6.45, 7) is 6.58. The normalized spacial score (nSPS) is 18.3. The summed E-state index contributed by atoms with van der Waals surface area (Å²) in [5.41, 5.74) is 10.9. The van der Waals surface area contributed by atoms with E-state index in [9.17, 15) is 0 Å². The minimum atomic E-state index is 0.577. The maximum Gasteiger partial charge on any atom is 0.124 e. The van der Waals surface area contributed by atoms with E-state index in [1.165, 1.54) is 55.5 Å². The molecule has 4 nitrogen and oxygen atoms in total. The molecule has 2 heterocycles. The number of ether oxygens (including phenoxy) is 1. The number of nitrogens with two attached hydrogens (primary N) is 1. The number of hydrogen-bond acceptors (Lipinski definition) is 4. The van der Waals surface area contributed by atoms with Gasteiger partial charge in [0.05, 0.1) is 5.69 Å². The first-order chi connectivity index (χ1) is 13.2. The van der Waals surface area contributed by atoms with Crippen LogP contribution in [0.1, 0.15) is 43.7 Å². The SMILES string of the molecule is CC1CCN(CCOc2ccc(-c3cccc(N)n3)c3c2CCCC3)CC1. The van der Waals surface area contributed by atoms with Gasteiger partial charge < -0.3 is 10.5 Å². The van der Waals surface area contributed by atoms with Crippen molar-refractivity contribution in [1.82, 2.24) is 9.88 Å². The van der Waals surface area contributed by atoms with Gasteiger partial charge in [-0.2, -0.15) is 0 Å². The highest BCUT2D eigenvalue weighted by molar-refractivity contribution is 5.69. The predicted octanol–water partition coefficient (Wildman–Crippen LogP) is 4.32. The number of benzene rings is 1. The molecule has 0 amide bonds. The number of hydrogen-bond donors (Lipinski definition) is 1. The first kappa shape index (κ1) is 18.3. The summed E-state index contributed by atoms with van der Waals surface area (Å²) >= 11 is 0. The van der Waals surface area contributed by atoms with Gasteiger partial charge in [0.2, 0.25) is 0 Å². The molecule has 4 rings (SSSR count). The zero-order valence-corrected chi connectivity index (χ0v) is 16.4. The van der Waals surface area contributed by atoms with Crippen LogP contribution in [0.5, 0.6) is 5.75 Å². The van der Waals surface area contributed by atoms with Crippen LogP contribution in [0.2, 0.25) is 0 Å². The van der Waals surface area contributed by atoms with Gasteiger partial charge >= 0.3 is 0 Å². The molecule has 1 aromatic carbocycles. The second-order valence-electron chi connectivity index (χ2n) is 8.10. The minimum absolute atomic E-state index is 0.577. The molecule has 2 aliphatic rings. The molecule has 1 aliphatic heterocycles. The third-order valence-corrected chi connectivity index (χ3v) is 6.08. The van der Waals surface area contributed by atoms with Gasteiger partial charge in [0.1, 0.15) is 18.2 Å². The van der Waals surface area contributed by atoms with E-state index in [1.807, 2.05) is 12.1 Å². The molecule has 0 unspecified atom stereocenters. The molecule has 4 heteroatoms. The van der Waals surface area contributed by atoms with E-state index in [0.717, 1.165) is 43.4 Å². The van der Waals surface area contributed by atoms with Crippen molar-refractivity contribution < 1.29 is 4.74 Å². The fourth-order valence-corrected chi connectivity index (χ4v) is 4.38. The number of anilines is 1. The van der Waals surface area contributed by atoms with Gasteiger partial charge in [0.25, 0.3) is 0 Å². The lowest BCUT2D eigenvalue weighted by Crippen LogP contribution is -2.35. The Morgan fingerprint density at radius 3 is 2.63 bits per heavy atom. The molecule has 0 atom stereocenters. The van der Waals surface area contributed by atoms with Crippen molar-refractivity contribution in [3.8, 4) is 17.0 Å². The van der Waals surface area contributed by atoms with Gasteiger partial charge in [-0.3, -0.25) is 4.90 Å². The highest BCUT2D eigenvalue weighted by atomic mass is 16.5. The number of nitrogens with zero attached hydrogens (tertiary/aromatic N) is 2. The standard InChI is InChI=1S/C23H31N3O/c1-17-11-13-26(14-12-17)15-16-27-22-10-9-19(18-5-2-3-6-20(18)22)21-7-4-8-23(24)25-21/h4,7-10,17H,2-3,5-6,11-16H2,1H3,(H2,24,25). The van der Waals surface area contributed by atoms with Crippen LogP contribution in [0.3, 0.4) is 0 Å². The summed E-state index contributed by atoms with van der Waals surface area (Å²) in [6, 6.07) is 10.2. The van der Waals surface area contributed by atoms with Gasteiger partial charge in [-0.25, -0.2) is 4.98 Å². The molecule has 27 heavy (non-hydrogen) atoms. The summed E-state index contributed by atoms with van der Waals surface area (Å²) in [5, 5.41) is 0.